The van der Waals surface area contributed by atoms with Crippen molar-refractivity contribution in [3.8, 4) is 0 Å². The number of nitrogens with zero attached hydrogens (tertiary/aromatic N) is 4. The van der Waals surface area contributed by atoms with E-state index in [4.69, 9.17) is 0 Å². The predicted octanol–water partition coefficient (Wildman–Crippen LogP) is 1.70. The second-order valence-corrected chi connectivity index (χ2v) is 9.27. The van der Waals surface area contributed by atoms with Gasteiger partial charge in [0, 0.05) is 49.5 Å². The lowest BCUT2D eigenvalue weighted by Gasteiger charge is -2.55. The van der Waals surface area contributed by atoms with Crippen LogP contribution in [0.25, 0.3) is 0 Å². The number of nitrogens with one attached hydrogen (secondary N) is 1. The van der Waals surface area contributed by atoms with Crippen LogP contribution in [0.5, 0.6) is 0 Å². The number of carbonyl (C=O) groups excluding carboxylic acids is 1. The molecule has 28 heavy (non-hydrogen) atoms. The highest BCUT2D eigenvalue weighted by molar-refractivity contribution is 7.89. The van der Waals surface area contributed by atoms with Crippen LogP contribution in [0.15, 0.2) is 35.5 Å². The van der Waals surface area contributed by atoms with Gasteiger partial charge in [0.2, 0.25) is 15.9 Å². The second kappa shape index (κ2) is 6.82. The summed E-state index contributed by atoms with van der Waals surface area (Å²) in [7, 11) is -3.59. The van der Waals surface area contributed by atoms with Crippen LogP contribution in [-0.4, -0.2) is 53.8 Å². The maximum Gasteiger partial charge on any atom is 0.243 e. The molecule has 1 aromatic carbocycles. The number of rotatable bonds is 4. The zero-order valence-electron chi connectivity index (χ0n) is 16.1. The molecule has 148 valence electrons. The van der Waals surface area contributed by atoms with E-state index in [1.807, 2.05) is 13.0 Å². The number of hydrogen-bond donors (Lipinski definition) is 1. The molecule has 3 saturated heterocycles. The number of anilines is 2. The third-order valence-electron chi connectivity index (χ3n) is 5.29. The van der Waals surface area contributed by atoms with Gasteiger partial charge < -0.3 is 10.2 Å². The van der Waals surface area contributed by atoms with E-state index in [-0.39, 0.29) is 18.0 Å². The summed E-state index contributed by atoms with van der Waals surface area (Å²) in [6.07, 6.45) is 2.40. The Bertz CT molecular complexity index is 1030. The normalized spacial score (nSPS) is 21.9. The molecule has 2 atom stereocenters. The van der Waals surface area contributed by atoms with Crippen LogP contribution >= 0.6 is 0 Å². The van der Waals surface area contributed by atoms with E-state index in [0.717, 1.165) is 17.9 Å². The number of piperidine rings is 1. The van der Waals surface area contributed by atoms with Gasteiger partial charge in [-0.15, -0.1) is 0 Å². The lowest BCUT2D eigenvalue weighted by atomic mass is 9.91. The van der Waals surface area contributed by atoms with Crippen molar-refractivity contribution >= 4 is 27.4 Å². The highest BCUT2D eigenvalue weighted by atomic mass is 32.2. The molecule has 1 amide bonds. The lowest BCUT2D eigenvalue weighted by molar-refractivity contribution is -0.114. The molecule has 3 aliphatic heterocycles. The quantitative estimate of drug-likeness (QED) is 0.838. The highest BCUT2D eigenvalue weighted by Gasteiger charge is 2.51. The third kappa shape index (κ3) is 3.24. The van der Waals surface area contributed by atoms with E-state index in [2.05, 4.69) is 20.2 Å². The molecule has 0 aliphatic carbocycles. The SMILES string of the molecule is CC(=O)Nc1ccc(S(=O)(=O)N2C3CC2CN(c2cc(C)ncn2)C3)c(C)c1. The van der Waals surface area contributed by atoms with Gasteiger partial charge in [-0.1, -0.05) is 0 Å². The van der Waals surface area contributed by atoms with Gasteiger partial charge in [0.1, 0.15) is 12.1 Å². The fourth-order valence-electron chi connectivity index (χ4n) is 4.10. The number of carbonyl (C=O) groups is 1. The van der Waals surface area contributed by atoms with Gasteiger partial charge in [0.25, 0.3) is 0 Å². The summed E-state index contributed by atoms with van der Waals surface area (Å²) in [5.41, 5.74) is 2.11. The Labute approximate surface area is 164 Å². The summed E-state index contributed by atoms with van der Waals surface area (Å²) in [5.74, 6) is 0.655. The van der Waals surface area contributed by atoms with Gasteiger partial charge in [0.05, 0.1) is 4.90 Å². The van der Waals surface area contributed by atoms with Crippen LogP contribution in [0, 0.1) is 13.8 Å². The molecule has 2 unspecified atom stereocenters. The number of sulfonamides is 1. The molecular weight excluding hydrogens is 378 g/mol. The Balaban J connectivity index is 1.55. The van der Waals surface area contributed by atoms with E-state index in [9.17, 15) is 13.2 Å². The zero-order chi connectivity index (χ0) is 20.1. The maximum absolute atomic E-state index is 13.3. The van der Waals surface area contributed by atoms with Crippen LogP contribution in [0.4, 0.5) is 11.5 Å². The van der Waals surface area contributed by atoms with Crippen LogP contribution in [-0.2, 0) is 14.8 Å². The Hall–Kier alpha value is -2.52. The molecule has 0 radical (unpaired) electrons. The zero-order valence-corrected chi connectivity index (χ0v) is 16.9. The summed E-state index contributed by atoms with van der Waals surface area (Å²) in [5, 5.41) is 2.68. The number of fused-ring (bicyclic) bond motifs is 2. The van der Waals surface area contributed by atoms with E-state index in [1.54, 1.807) is 35.8 Å². The van der Waals surface area contributed by atoms with E-state index < -0.39 is 10.0 Å². The van der Waals surface area contributed by atoms with Crippen molar-refractivity contribution in [2.24, 2.45) is 0 Å². The fraction of sp³-hybridized carbons (Fsp3) is 0.421. The average Bonchev–Trinajstić information content (AvgIpc) is 2.60. The standard InChI is InChI=1S/C19H23N5O3S/c1-12-6-15(22-14(3)25)4-5-18(12)28(26,27)24-16-8-17(24)10-23(9-16)19-7-13(2)20-11-21-19/h4-7,11,16-17H,8-10H2,1-3H3,(H,22,25). The van der Waals surface area contributed by atoms with Gasteiger partial charge in [-0.2, -0.15) is 4.31 Å². The molecule has 1 aromatic heterocycles. The van der Waals surface area contributed by atoms with Crippen LogP contribution < -0.4 is 10.2 Å². The Kier molecular flexibility index (Phi) is 4.59. The van der Waals surface area contributed by atoms with Gasteiger partial charge in [-0.25, -0.2) is 18.4 Å². The Morgan fingerprint density at radius 3 is 2.46 bits per heavy atom. The molecule has 3 aliphatic rings. The minimum Gasteiger partial charge on any atom is -0.353 e. The van der Waals surface area contributed by atoms with Gasteiger partial charge in [-0.05, 0) is 44.0 Å². The Morgan fingerprint density at radius 1 is 1.14 bits per heavy atom. The topological polar surface area (TPSA) is 95.5 Å². The minimum atomic E-state index is -3.59. The lowest BCUT2D eigenvalue weighted by Crippen LogP contribution is -2.70. The molecule has 9 heteroatoms. The number of benzene rings is 1. The van der Waals surface area contributed by atoms with Crippen molar-refractivity contribution in [1.82, 2.24) is 14.3 Å². The van der Waals surface area contributed by atoms with Crippen molar-refractivity contribution in [1.29, 1.82) is 0 Å². The number of piperazine rings is 1. The maximum atomic E-state index is 13.3. The van der Waals surface area contributed by atoms with Gasteiger partial charge in [0.15, 0.2) is 0 Å². The second-order valence-electron chi connectivity index (χ2n) is 7.46. The first-order valence-corrected chi connectivity index (χ1v) is 10.6. The average molecular weight is 401 g/mol. The first-order valence-electron chi connectivity index (χ1n) is 9.21. The largest absolute Gasteiger partial charge is 0.353 e. The Morgan fingerprint density at radius 2 is 1.86 bits per heavy atom. The van der Waals surface area contributed by atoms with Gasteiger partial charge in [-0.3, -0.25) is 4.79 Å². The van der Waals surface area contributed by atoms with Crippen molar-refractivity contribution in [3.63, 3.8) is 0 Å². The van der Waals surface area contributed by atoms with E-state index in [1.165, 1.54) is 6.92 Å². The molecule has 3 fully saturated rings. The first-order chi connectivity index (χ1) is 13.3. The molecule has 5 rings (SSSR count). The van der Waals surface area contributed by atoms with E-state index >= 15 is 0 Å². The van der Waals surface area contributed by atoms with Crippen molar-refractivity contribution in [2.75, 3.05) is 23.3 Å². The molecule has 4 heterocycles. The monoisotopic (exact) mass is 401 g/mol. The summed E-state index contributed by atoms with van der Waals surface area (Å²) >= 11 is 0. The summed E-state index contributed by atoms with van der Waals surface area (Å²) in [4.78, 5) is 22.1. The first kappa shape index (κ1) is 18.8. The van der Waals surface area contributed by atoms with Crippen molar-refractivity contribution in [2.45, 2.75) is 44.2 Å². The summed E-state index contributed by atoms with van der Waals surface area (Å²) in [6.45, 7) is 6.33. The molecule has 1 N–H and O–H groups in total. The molecule has 2 aromatic rings. The van der Waals surface area contributed by atoms with Crippen LogP contribution in [0.1, 0.15) is 24.6 Å². The van der Waals surface area contributed by atoms with Gasteiger partial charge >= 0.3 is 0 Å². The number of hydrogen-bond acceptors (Lipinski definition) is 6. The predicted molar refractivity (Wildman–Crippen MR) is 106 cm³/mol. The minimum absolute atomic E-state index is 0.0616. The molecule has 8 nitrogen and oxygen atoms in total. The fourth-order valence-corrected chi connectivity index (χ4v) is 6.13. The van der Waals surface area contributed by atoms with E-state index in [0.29, 0.717) is 29.2 Å². The van der Waals surface area contributed by atoms with Crippen LogP contribution in [0.3, 0.4) is 0 Å². The van der Waals surface area contributed by atoms with Crippen LogP contribution in [0.2, 0.25) is 0 Å². The van der Waals surface area contributed by atoms with Crippen molar-refractivity contribution < 1.29 is 13.2 Å². The highest BCUT2D eigenvalue weighted by Crippen LogP contribution is 2.39. The number of aryl methyl sites for hydroxylation is 2. The molecule has 2 bridgehead atoms. The third-order valence-corrected chi connectivity index (χ3v) is 7.46. The summed E-state index contributed by atoms with van der Waals surface area (Å²) < 4.78 is 28.2. The number of amides is 1. The van der Waals surface area contributed by atoms with Crippen molar-refractivity contribution in [3.05, 3.63) is 41.9 Å². The molecule has 0 saturated carbocycles. The number of aromatic nitrogens is 2. The summed E-state index contributed by atoms with van der Waals surface area (Å²) in [6, 6.07) is 6.71. The molecule has 0 spiro atoms. The smallest absolute Gasteiger partial charge is 0.243 e. The molecular formula is C19H23N5O3S.